The summed E-state index contributed by atoms with van der Waals surface area (Å²) in [5.41, 5.74) is 0. The Kier molecular flexibility index (Phi) is 57.9. The number of rotatable bonds is 54. The lowest BCUT2D eigenvalue weighted by atomic mass is 10.1. The van der Waals surface area contributed by atoms with E-state index in [2.05, 4.69) is 142 Å². The van der Waals surface area contributed by atoms with E-state index in [1.165, 1.54) is 109 Å². The molecule has 0 bridgehead atoms. The summed E-state index contributed by atoms with van der Waals surface area (Å²) in [6, 6.07) is 0. The van der Waals surface area contributed by atoms with Gasteiger partial charge in [-0.3, -0.25) is 14.4 Å². The van der Waals surface area contributed by atoms with Gasteiger partial charge in [0.25, 0.3) is 0 Å². The molecule has 0 saturated carbocycles. The average molecular weight is 1030 g/mol. The van der Waals surface area contributed by atoms with Crippen LogP contribution in [0.1, 0.15) is 271 Å². The Morgan fingerprint density at radius 3 is 0.878 bits per heavy atom. The second-order valence-electron chi connectivity index (χ2n) is 19.8. The molecule has 0 aliphatic carbocycles. The van der Waals surface area contributed by atoms with Gasteiger partial charge >= 0.3 is 17.9 Å². The van der Waals surface area contributed by atoms with Crippen LogP contribution in [-0.4, -0.2) is 37.2 Å². The number of hydrogen-bond acceptors (Lipinski definition) is 6. The fraction of sp³-hybridized carbons (Fsp3) is 0.662. The lowest BCUT2D eigenvalue weighted by molar-refractivity contribution is -0.167. The molecule has 6 nitrogen and oxygen atoms in total. The summed E-state index contributed by atoms with van der Waals surface area (Å²) in [6.07, 6.45) is 84.9. The van der Waals surface area contributed by atoms with E-state index in [4.69, 9.17) is 14.2 Å². The van der Waals surface area contributed by atoms with Crippen LogP contribution in [0.25, 0.3) is 0 Å². The highest BCUT2D eigenvalue weighted by Crippen LogP contribution is 2.15. The summed E-state index contributed by atoms with van der Waals surface area (Å²) < 4.78 is 16.8. The number of hydrogen-bond donors (Lipinski definition) is 0. The van der Waals surface area contributed by atoms with E-state index in [9.17, 15) is 14.4 Å². The average Bonchev–Trinajstić information content (AvgIpc) is 3.40. The molecule has 0 fully saturated rings. The minimum Gasteiger partial charge on any atom is -0.462 e. The van der Waals surface area contributed by atoms with Crippen LogP contribution in [0.15, 0.2) is 122 Å². The predicted octanol–water partition coefficient (Wildman–Crippen LogP) is 20.8. The first-order valence-electron chi connectivity index (χ1n) is 30.5. The van der Waals surface area contributed by atoms with Gasteiger partial charge < -0.3 is 14.2 Å². The third kappa shape index (κ3) is 58.7. The fourth-order valence-corrected chi connectivity index (χ4v) is 8.17. The lowest BCUT2D eigenvalue weighted by Gasteiger charge is -2.18. The molecule has 6 heteroatoms. The number of esters is 3. The van der Waals surface area contributed by atoms with Crippen molar-refractivity contribution in [1.82, 2.24) is 0 Å². The largest absolute Gasteiger partial charge is 0.462 e. The second kappa shape index (κ2) is 61.4. The van der Waals surface area contributed by atoms with Crippen LogP contribution in [-0.2, 0) is 28.6 Å². The molecule has 0 saturated heterocycles. The molecule has 0 aromatic rings. The standard InChI is InChI=1S/C68H112O6/c1-4-7-10-13-16-19-22-25-28-31-32-33-34-35-36-38-40-43-46-49-52-55-58-61-67(70)73-64-65(63-72-66(69)60-57-54-51-48-45-42-39-30-27-24-21-18-15-12-9-6-3)74-68(71)62-59-56-53-50-47-44-41-37-29-26-23-20-17-14-11-8-5-2/h7-8,10-11,16-17,19-20,25-26,28-30,32-33,39,41,44,50,53,65H,4-6,9,12-15,18,21-24,27,31,34-38,40,42-43,45-49,51-52,54-64H2,1-3H3/b10-7-,11-8-,19-16-,20-17-,28-25-,29-26-,33-32-,39-30-,44-41-,53-50-. The summed E-state index contributed by atoms with van der Waals surface area (Å²) in [5, 5.41) is 0. The Balaban J connectivity index is 4.45. The molecule has 0 aromatic carbocycles. The SMILES string of the molecule is CC/C=C\C/C=C\C/C=C\C/C=C\C/C=C\CCCC(=O)OC(COC(=O)CCCCCCC/C=C\CCCCCCCCC)COC(=O)CCCCCCCCCCCC/C=C\C/C=C\C/C=C\C/C=C\CC. The molecule has 0 N–H and O–H groups in total. The van der Waals surface area contributed by atoms with Crippen LogP contribution in [0.3, 0.4) is 0 Å². The van der Waals surface area contributed by atoms with Crippen LogP contribution in [0, 0.1) is 0 Å². The van der Waals surface area contributed by atoms with Gasteiger partial charge in [0, 0.05) is 19.3 Å². The van der Waals surface area contributed by atoms with Crippen molar-refractivity contribution in [3.63, 3.8) is 0 Å². The van der Waals surface area contributed by atoms with Gasteiger partial charge in [-0.05, 0) is 122 Å². The fourth-order valence-electron chi connectivity index (χ4n) is 8.17. The number of unbranched alkanes of at least 4 members (excludes halogenated alkanes) is 23. The number of ether oxygens (including phenoxy) is 3. The predicted molar refractivity (Wildman–Crippen MR) is 320 cm³/mol. The molecule has 0 aliphatic rings. The first-order chi connectivity index (χ1) is 36.5. The molecule has 0 amide bonds. The maximum atomic E-state index is 12.9. The first kappa shape index (κ1) is 69.8. The molecule has 74 heavy (non-hydrogen) atoms. The molecule has 1 unspecified atom stereocenters. The van der Waals surface area contributed by atoms with Crippen molar-refractivity contribution in [3.05, 3.63) is 122 Å². The van der Waals surface area contributed by atoms with E-state index in [1.54, 1.807) is 0 Å². The molecule has 0 aliphatic heterocycles. The third-order valence-corrected chi connectivity index (χ3v) is 12.7. The van der Waals surface area contributed by atoms with Gasteiger partial charge in [-0.25, -0.2) is 0 Å². The van der Waals surface area contributed by atoms with Crippen molar-refractivity contribution in [3.8, 4) is 0 Å². The normalized spacial score (nSPS) is 13.0. The Morgan fingerprint density at radius 2 is 0.541 bits per heavy atom. The maximum absolute atomic E-state index is 12.9. The quantitative estimate of drug-likeness (QED) is 0.0261. The Bertz CT molecular complexity index is 1550. The van der Waals surface area contributed by atoms with Crippen molar-refractivity contribution >= 4 is 17.9 Å². The Hall–Kier alpha value is -4.19. The van der Waals surface area contributed by atoms with E-state index >= 15 is 0 Å². The molecule has 420 valence electrons. The van der Waals surface area contributed by atoms with E-state index in [1.807, 2.05) is 0 Å². The summed E-state index contributed by atoms with van der Waals surface area (Å²) in [7, 11) is 0. The summed E-state index contributed by atoms with van der Waals surface area (Å²) in [6.45, 7) is 6.36. The van der Waals surface area contributed by atoms with Gasteiger partial charge in [-0.1, -0.05) is 251 Å². The van der Waals surface area contributed by atoms with Crippen molar-refractivity contribution in [2.45, 2.75) is 277 Å². The van der Waals surface area contributed by atoms with E-state index in [0.29, 0.717) is 19.3 Å². The zero-order chi connectivity index (χ0) is 53.6. The maximum Gasteiger partial charge on any atom is 0.306 e. The monoisotopic (exact) mass is 1020 g/mol. The van der Waals surface area contributed by atoms with Crippen molar-refractivity contribution in [2.75, 3.05) is 13.2 Å². The number of carbonyl (C=O) groups excluding carboxylic acids is 3. The van der Waals surface area contributed by atoms with Crippen LogP contribution < -0.4 is 0 Å². The summed E-state index contributed by atoms with van der Waals surface area (Å²) in [5.74, 6) is -0.976. The molecular weight excluding hydrogens is 913 g/mol. The van der Waals surface area contributed by atoms with Gasteiger partial charge in [-0.2, -0.15) is 0 Å². The van der Waals surface area contributed by atoms with Gasteiger partial charge in [0.15, 0.2) is 6.10 Å². The third-order valence-electron chi connectivity index (χ3n) is 12.7. The molecule has 0 heterocycles. The van der Waals surface area contributed by atoms with Crippen molar-refractivity contribution in [1.29, 1.82) is 0 Å². The van der Waals surface area contributed by atoms with Crippen LogP contribution in [0.5, 0.6) is 0 Å². The topological polar surface area (TPSA) is 78.9 Å². The smallest absolute Gasteiger partial charge is 0.306 e. The van der Waals surface area contributed by atoms with Gasteiger partial charge in [-0.15, -0.1) is 0 Å². The van der Waals surface area contributed by atoms with Gasteiger partial charge in [0.1, 0.15) is 13.2 Å². The zero-order valence-corrected chi connectivity index (χ0v) is 48.1. The molecule has 0 rings (SSSR count). The van der Waals surface area contributed by atoms with Crippen LogP contribution in [0.2, 0.25) is 0 Å². The number of carbonyl (C=O) groups is 3. The molecule has 0 radical (unpaired) electrons. The number of allylic oxidation sites excluding steroid dienone is 20. The van der Waals surface area contributed by atoms with Crippen LogP contribution >= 0.6 is 0 Å². The van der Waals surface area contributed by atoms with Crippen molar-refractivity contribution < 1.29 is 28.6 Å². The Labute approximate surface area is 456 Å². The van der Waals surface area contributed by atoms with Gasteiger partial charge in [0.2, 0.25) is 0 Å². The van der Waals surface area contributed by atoms with Crippen LogP contribution in [0.4, 0.5) is 0 Å². The minimum atomic E-state index is -0.817. The highest BCUT2D eigenvalue weighted by atomic mass is 16.6. The summed E-state index contributed by atoms with van der Waals surface area (Å²) in [4.78, 5) is 38.2. The molecular formula is C68H112O6. The highest BCUT2D eigenvalue weighted by molar-refractivity contribution is 5.71. The molecule has 0 spiro atoms. The van der Waals surface area contributed by atoms with Gasteiger partial charge in [0.05, 0.1) is 0 Å². The molecule has 0 aromatic heterocycles. The lowest BCUT2D eigenvalue weighted by Crippen LogP contribution is -2.30. The van der Waals surface area contributed by atoms with E-state index in [0.717, 1.165) is 116 Å². The van der Waals surface area contributed by atoms with Crippen molar-refractivity contribution in [2.24, 2.45) is 0 Å². The second-order valence-corrected chi connectivity index (χ2v) is 19.8. The first-order valence-corrected chi connectivity index (χ1v) is 30.5. The minimum absolute atomic E-state index is 0.108. The van der Waals surface area contributed by atoms with E-state index < -0.39 is 6.10 Å². The Morgan fingerprint density at radius 1 is 0.284 bits per heavy atom. The molecule has 1 atom stereocenters. The highest BCUT2D eigenvalue weighted by Gasteiger charge is 2.19. The summed E-state index contributed by atoms with van der Waals surface area (Å²) >= 11 is 0. The van der Waals surface area contributed by atoms with E-state index in [-0.39, 0.29) is 37.5 Å². The zero-order valence-electron chi connectivity index (χ0n) is 48.1.